The first-order chi connectivity index (χ1) is 8.88. The zero-order valence-electron chi connectivity index (χ0n) is 11.4. The molecule has 1 N–H and O–H groups in total. The predicted molar refractivity (Wildman–Crippen MR) is 77.1 cm³/mol. The summed E-state index contributed by atoms with van der Waals surface area (Å²) in [7, 11) is 2.11. The van der Waals surface area contributed by atoms with Crippen molar-refractivity contribution < 1.29 is 0 Å². The standard InChI is InChI=1S/C15H24N2S/c1-16-14(11-7-4-2-3-5-8-11)15-17-12-9-6-10-13(12)18-15/h11,14,16H,2-10H2,1H3. The van der Waals surface area contributed by atoms with Crippen molar-refractivity contribution in [1.82, 2.24) is 10.3 Å². The molecule has 1 saturated carbocycles. The molecule has 3 heteroatoms. The van der Waals surface area contributed by atoms with Crippen LogP contribution in [-0.4, -0.2) is 12.0 Å². The SMILES string of the molecule is CNC(c1nc2c(s1)CCC2)C1CCCCCC1. The van der Waals surface area contributed by atoms with Crippen molar-refractivity contribution in [2.45, 2.75) is 63.8 Å². The van der Waals surface area contributed by atoms with Crippen LogP contribution in [0.15, 0.2) is 0 Å². The van der Waals surface area contributed by atoms with E-state index in [2.05, 4.69) is 12.4 Å². The number of aromatic nitrogens is 1. The van der Waals surface area contributed by atoms with Crippen molar-refractivity contribution in [3.05, 3.63) is 15.6 Å². The van der Waals surface area contributed by atoms with Gasteiger partial charge in [0.2, 0.25) is 0 Å². The molecule has 3 rings (SSSR count). The van der Waals surface area contributed by atoms with E-state index in [1.54, 1.807) is 4.88 Å². The molecule has 0 aliphatic heterocycles. The average molecular weight is 264 g/mol. The van der Waals surface area contributed by atoms with Gasteiger partial charge in [0.25, 0.3) is 0 Å². The summed E-state index contributed by atoms with van der Waals surface area (Å²) in [6.45, 7) is 0. The van der Waals surface area contributed by atoms with Crippen LogP contribution >= 0.6 is 11.3 Å². The van der Waals surface area contributed by atoms with E-state index in [0.717, 1.165) is 5.92 Å². The van der Waals surface area contributed by atoms with E-state index in [9.17, 15) is 0 Å². The van der Waals surface area contributed by atoms with Crippen molar-refractivity contribution in [2.75, 3.05) is 7.05 Å². The molecule has 0 amide bonds. The van der Waals surface area contributed by atoms with Crippen LogP contribution < -0.4 is 5.32 Å². The van der Waals surface area contributed by atoms with Gasteiger partial charge in [-0.2, -0.15) is 0 Å². The molecule has 100 valence electrons. The molecule has 0 aromatic carbocycles. The smallest absolute Gasteiger partial charge is 0.110 e. The van der Waals surface area contributed by atoms with Gasteiger partial charge in [0.05, 0.1) is 11.7 Å². The summed E-state index contributed by atoms with van der Waals surface area (Å²) in [5.74, 6) is 0.809. The summed E-state index contributed by atoms with van der Waals surface area (Å²) in [6.07, 6.45) is 12.3. The highest BCUT2D eigenvalue weighted by atomic mass is 32.1. The maximum absolute atomic E-state index is 4.92. The normalized spacial score (nSPS) is 22.7. The Morgan fingerprint density at radius 1 is 1.11 bits per heavy atom. The molecular formula is C15H24N2S. The van der Waals surface area contributed by atoms with Gasteiger partial charge in [-0.3, -0.25) is 0 Å². The van der Waals surface area contributed by atoms with Crippen LogP contribution in [0.3, 0.4) is 0 Å². The molecule has 1 atom stereocenters. The lowest BCUT2D eigenvalue weighted by atomic mass is 9.92. The Labute approximate surface area is 114 Å². The van der Waals surface area contributed by atoms with Crippen molar-refractivity contribution >= 4 is 11.3 Å². The van der Waals surface area contributed by atoms with Crippen LogP contribution in [0, 0.1) is 5.92 Å². The Kier molecular flexibility index (Phi) is 4.00. The van der Waals surface area contributed by atoms with Gasteiger partial charge in [-0.15, -0.1) is 11.3 Å². The third kappa shape index (κ3) is 2.48. The molecule has 2 aliphatic rings. The lowest BCUT2D eigenvalue weighted by Crippen LogP contribution is -2.25. The highest BCUT2D eigenvalue weighted by Crippen LogP contribution is 2.37. The average Bonchev–Trinajstić information content (AvgIpc) is 2.84. The monoisotopic (exact) mass is 264 g/mol. The minimum atomic E-state index is 0.513. The molecule has 1 unspecified atom stereocenters. The highest BCUT2D eigenvalue weighted by Gasteiger charge is 2.27. The van der Waals surface area contributed by atoms with E-state index in [4.69, 9.17) is 4.98 Å². The van der Waals surface area contributed by atoms with E-state index in [1.807, 2.05) is 11.3 Å². The van der Waals surface area contributed by atoms with Gasteiger partial charge in [0, 0.05) is 4.88 Å². The molecule has 0 bridgehead atoms. The largest absolute Gasteiger partial charge is 0.311 e. The van der Waals surface area contributed by atoms with E-state index in [0.29, 0.717) is 6.04 Å². The fourth-order valence-corrected chi connectivity index (χ4v) is 4.91. The van der Waals surface area contributed by atoms with Gasteiger partial charge in [0.15, 0.2) is 0 Å². The number of nitrogens with zero attached hydrogens (tertiary/aromatic N) is 1. The van der Waals surface area contributed by atoms with Gasteiger partial charge in [-0.25, -0.2) is 4.98 Å². The minimum Gasteiger partial charge on any atom is -0.311 e. The van der Waals surface area contributed by atoms with E-state index >= 15 is 0 Å². The molecule has 1 fully saturated rings. The summed E-state index contributed by atoms with van der Waals surface area (Å²) in [5, 5.41) is 4.92. The topological polar surface area (TPSA) is 24.9 Å². The van der Waals surface area contributed by atoms with Crippen molar-refractivity contribution in [1.29, 1.82) is 0 Å². The van der Waals surface area contributed by atoms with Crippen LogP contribution in [0.2, 0.25) is 0 Å². The lowest BCUT2D eigenvalue weighted by molar-refractivity contribution is 0.340. The summed E-state index contributed by atoms with van der Waals surface area (Å²) in [4.78, 5) is 6.49. The number of rotatable bonds is 3. The van der Waals surface area contributed by atoms with Crippen LogP contribution in [0.4, 0.5) is 0 Å². The second-order valence-corrected chi connectivity index (χ2v) is 6.91. The predicted octanol–water partition coefficient (Wildman–Crippen LogP) is 3.86. The summed E-state index contributed by atoms with van der Waals surface area (Å²) < 4.78 is 0. The maximum Gasteiger partial charge on any atom is 0.110 e. The number of aryl methyl sites for hydroxylation is 2. The van der Waals surface area contributed by atoms with Crippen LogP contribution in [-0.2, 0) is 12.8 Å². The lowest BCUT2D eigenvalue weighted by Gasteiger charge is -2.24. The van der Waals surface area contributed by atoms with Crippen molar-refractivity contribution in [2.24, 2.45) is 5.92 Å². The fraction of sp³-hybridized carbons (Fsp3) is 0.800. The van der Waals surface area contributed by atoms with Gasteiger partial charge >= 0.3 is 0 Å². The van der Waals surface area contributed by atoms with Gasteiger partial charge in [0.1, 0.15) is 5.01 Å². The Balaban J connectivity index is 1.77. The summed E-state index contributed by atoms with van der Waals surface area (Å²) in [6, 6.07) is 0.513. The zero-order valence-corrected chi connectivity index (χ0v) is 12.2. The number of hydrogen-bond donors (Lipinski definition) is 1. The van der Waals surface area contributed by atoms with Gasteiger partial charge < -0.3 is 5.32 Å². The van der Waals surface area contributed by atoms with E-state index < -0.39 is 0 Å². The molecular weight excluding hydrogens is 240 g/mol. The fourth-order valence-electron chi connectivity index (χ4n) is 3.55. The minimum absolute atomic E-state index is 0.513. The number of fused-ring (bicyclic) bond motifs is 1. The van der Waals surface area contributed by atoms with Gasteiger partial charge in [-0.05, 0) is 45.1 Å². The third-order valence-corrected chi connectivity index (χ3v) is 5.80. The summed E-state index contributed by atoms with van der Waals surface area (Å²) >= 11 is 1.98. The second-order valence-electron chi connectivity index (χ2n) is 5.79. The third-order valence-electron chi connectivity index (χ3n) is 4.56. The van der Waals surface area contributed by atoms with Crippen molar-refractivity contribution in [3.63, 3.8) is 0 Å². The first-order valence-corrected chi connectivity index (χ1v) is 8.36. The number of nitrogens with one attached hydrogen (secondary N) is 1. The van der Waals surface area contributed by atoms with E-state index in [1.165, 1.54) is 68.5 Å². The molecule has 1 aromatic heterocycles. The Morgan fingerprint density at radius 2 is 1.89 bits per heavy atom. The van der Waals surface area contributed by atoms with E-state index in [-0.39, 0.29) is 0 Å². The zero-order chi connectivity index (χ0) is 12.4. The maximum atomic E-state index is 4.92. The van der Waals surface area contributed by atoms with Gasteiger partial charge in [-0.1, -0.05) is 25.7 Å². The van der Waals surface area contributed by atoms with Crippen LogP contribution in [0.5, 0.6) is 0 Å². The van der Waals surface area contributed by atoms with Crippen LogP contribution in [0.1, 0.15) is 66.6 Å². The first kappa shape index (κ1) is 12.6. The molecule has 2 aliphatic carbocycles. The molecule has 18 heavy (non-hydrogen) atoms. The molecule has 1 heterocycles. The number of thiazole rings is 1. The molecule has 0 saturated heterocycles. The first-order valence-electron chi connectivity index (χ1n) is 7.54. The van der Waals surface area contributed by atoms with Crippen molar-refractivity contribution in [3.8, 4) is 0 Å². The highest BCUT2D eigenvalue weighted by molar-refractivity contribution is 7.11. The Bertz CT molecular complexity index is 370. The molecule has 1 aromatic rings. The summed E-state index contributed by atoms with van der Waals surface area (Å²) in [5.41, 5.74) is 1.41. The Morgan fingerprint density at radius 3 is 2.56 bits per heavy atom. The molecule has 0 spiro atoms. The number of hydrogen-bond acceptors (Lipinski definition) is 3. The Hall–Kier alpha value is -0.410. The quantitative estimate of drug-likeness (QED) is 0.839. The molecule has 2 nitrogen and oxygen atoms in total. The second kappa shape index (κ2) is 5.70. The molecule has 0 radical (unpaired) electrons. The van der Waals surface area contributed by atoms with Crippen LogP contribution in [0.25, 0.3) is 0 Å².